The number of nitrogens with one attached hydrogen (secondary N) is 2. The van der Waals surface area contributed by atoms with Crippen molar-refractivity contribution in [3.8, 4) is 0 Å². The highest BCUT2D eigenvalue weighted by atomic mass is 19.1. The molecule has 3 amide bonds. The fourth-order valence-electron chi connectivity index (χ4n) is 4.83. The molecular formula is C25H28FN7O5. The van der Waals surface area contributed by atoms with Gasteiger partial charge < -0.3 is 20.0 Å². The third-order valence-electron chi connectivity index (χ3n) is 7.13. The molecule has 2 aliphatic rings. The molecule has 200 valence electrons. The minimum atomic E-state index is -0.756. The van der Waals surface area contributed by atoms with Crippen LogP contribution in [-0.2, 0) is 18.3 Å². The molecule has 2 N–H and O–H groups in total. The van der Waals surface area contributed by atoms with E-state index in [1.54, 1.807) is 24.9 Å². The number of aromatic nitrogens is 4. The van der Waals surface area contributed by atoms with Gasteiger partial charge in [0, 0.05) is 52.6 Å². The molecule has 0 aromatic carbocycles. The quantitative estimate of drug-likeness (QED) is 0.487. The van der Waals surface area contributed by atoms with Gasteiger partial charge in [0.1, 0.15) is 17.1 Å². The summed E-state index contributed by atoms with van der Waals surface area (Å²) in [6.45, 7) is 3.38. The molecule has 1 aliphatic heterocycles. The van der Waals surface area contributed by atoms with E-state index in [1.807, 2.05) is 0 Å². The van der Waals surface area contributed by atoms with Crippen LogP contribution >= 0.6 is 0 Å². The molecule has 1 saturated heterocycles. The number of hydrogen-bond donors (Lipinski definition) is 2. The van der Waals surface area contributed by atoms with Crippen molar-refractivity contribution in [3.05, 3.63) is 57.0 Å². The number of hydrogen-bond acceptors (Lipinski definition) is 7. The lowest BCUT2D eigenvalue weighted by Gasteiger charge is -2.31. The van der Waals surface area contributed by atoms with Gasteiger partial charge in [-0.1, -0.05) is 0 Å². The van der Waals surface area contributed by atoms with Gasteiger partial charge in [0.05, 0.1) is 11.9 Å². The van der Waals surface area contributed by atoms with Crippen molar-refractivity contribution < 1.29 is 23.2 Å². The van der Waals surface area contributed by atoms with Crippen molar-refractivity contribution in [1.82, 2.24) is 34.7 Å². The summed E-state index contributed by atoms with van der Waals surface area (Å²) in [5, 5.41) is 9.52. The Morgan fingerprint density at radius 2 is 1.92 bits per heavy atom. The van der Waals surface area contributed by atoms with Crippen LogP contribution in [0, 0.1) is 11.7 Å². The first-order valence-corrected chi connectivity index (χ1v) is 12.5. The fraction of sp³-hybridized carbons (Fsp3) is 0.440. The molecule has 4 heterocycles. The molecule has 13 heteroatoms. The summed E-state index contributed by atoms with van der Waals surface area (Å²) in [5.74, 6) is -1.44. The van der Waals surface area contributed by atoms with Gasteiger partial charge in [0.15, 0.2) is 11.5 Å². The fourth-order valence-corrected chi connectivity index (χ4v) is 4.83. The molecule has 12 nitrogen and oxygen atoms in total. The number of carbonyl (C=O) groups excluding carboxylic acids is 3. The number of carbonyl (C=O) groups is 3. The van der Waals surface area contributed by atoms with E-state index >= 15 is 0 Å². The first-order chi connectivity index (χ1) is 18.2. The zero-order valence-electron chi connectivity index (χ0n) is 21.1. The van der Waals surface area contributed by atoms with E-state index in [0.717, 1.165) is 29.1 Å². The van der Waals surface area contributed by atoms with Crippen molar-refractivity contribution in [1.29, 1.82) is 0 Å². The van der Waals surface area contributed by atoms with Crippen LogP contribution in [0.5, 0.6) is 0 Å². The van der Waals surface area contributed by atoms with E-state index in [-0.39, 0.29) is 35.4 Å². The van der Waals surface area contributed by atoms with Gasteiger partial charge in [0.2, 0.25) is 5.91 Å². The summed E-state index contributed by atoms with van der Waals surface area (Å²) in [5.41, 5.74) is 1.18. The zero-order chi connectivity index (χ0) is 27.0. The summed E-state index contributed by atoms with van der Waals surface area (Å²) in [7, 11) is 1.61. The van der Waals surface area contributed by atoms with Crippen molar-refractivity contribution in [2.24, 2.45) is 13.0 Å². The predicted molar refractivity (Wildman–Crippen MR) is 133 cm³/mol. The first kappa shape index (κ1) is 25.4. The van der Waals surface area contributed by atoms with Crippen molar-refractivity contribution in [3.63, 3.8) is 0 Å². The van der Waals surface area contributed by atoms with E-state index < -0.39 is 23.4 Å². The third kappa shape index (κ3) is 4.95. The van der Waals surface area contributed by atoms with Crippen LogP contribution in [0.15, 0.2) is 27.0 Å². The standard InChI is InChI=1S/C25H28FN7O5/c1-14(34)32-7-5-15(6-8-32)11-28-24(36)20-10-18(30-22-17(26)13-29-33(20)22)23(35)27-12-16-3-4-21-19(9-16)31(2)25(37)38-21/h9-10,13,15H,3-8,11-12H2,1-2H3,(H,27,35)(H,28,36). The molecule has 0 spiro atoms. The summed E-state index contributed by atoms with van der Waals surface area (Å²) in [6.07, 6.45) is 5.41. The lowest BCUT2D eigenvalue weighted by atomic mass is 9.97. The molecule has 1 fully saturated rings. The number of nitrogens with zero attached hydrogens (tertiary/aromatic N) is 5. The molecule has 0 bridgehead atoms. The SMILES string of the molecule is CC(=O)N1CCC(CNC(=O)c2cc(C(=O)NCC3=Cc4c(oc(=O)n4C)CC3)nc3c(F)cnn23)CC1. The number of oxazole rings is 1. The number of aryl methyl sites for hydroxylation is 1. The summed E-state index contributed by atoms with van der Waals surface area (Å²) in [6, 6.07) is 1.29. The minimum Gasteiger partial charge on any atom is -0.412 e. The average Bonchev–Trinajstić information content (AvgIpc) is 3.43. The van der Waals surface area contributed by atoms with Gasteiger partial charge >= 0.3 is 5.76 Å². The summed E-state index contributed by atoms with van der Waals surface area (Å²) >= 11 is 0. The number of likely N-dealkylation sites (tertiary alicyclic amines) is 1. The highest BCUT2D eigenvalue weighted by molar-refractivity contribution is 5.98. The second-order valence-corrected chi connectivity index (χ2v) is 9.63. The molecule has 3 aromatic heterocycles. The number of amides is 3. The Bertz CT molecular complexity index is 1510. The van der Waals surface area contributed by atoms with Crippen molar-refractivity contribution >= 4 is 29.4 Å². The number of fused-ring (bicyclic) bond motifs is 2. The monoisotopic (exact) mass is 525 g/mol. The van der Waals surface area contributed by atoms with Gasteiger partial charge in [-0.2, -0.15) is 5.10 Å². The Balaban J connectivity index is 1.28. The van der Waals surface area contributed by atoms with E-state index in [9.17, 15) is 23.6 Å². The third-order valence-corrected chi connectivity index (χ3v) is 7.13. The molecule has 3 aromatic rings. The average molecular weight is 526 g/mol. The van der Waals surface area contributed by atoms with Crippen LogP contribution in [-0.4, -0.2) is 68.0 Å². The molecule has 0 atom stereocenters. The molecule has 0 saturated carbocycles. The lowest BCUT2D eigenvalue weighted by molar-refractivity contribution is -0.130. The molecule has 0 unspecified atom stereocenters. The molecular weight excluding hydrogens is 497 g/mol. The van der Waals surface area contributed by atoms with Gasteiger partial charge in [-0.05, 0) is 36.8 Å². The van der Waals surface area contributed by atoms with Gasteiger partial charge in [-0.3, -0.25) is 19.0 Å². The Morgan fingerprint density at radius 3 is 2.66 bits per heavy atom. The van der Waals surface area contributed by atoms with Crippen LogP contribution < -0.4 is 16.4 Å². The Kier molecular flexibility index (Phi) is 6.83. The van der Waals surface area contributed by atoms with Crippen LogP contribution in [0.4, 0.5) is 4.39 Å². The first-order valence-electron chi connectivity index (χ1n) is 12.5. The highest BCUT2D eigenvalue weighted by Crippen LogP contribution is 2.22. The van der Waals surface area contributed by atoms with Crippen molar-refractivity contribution in [2.45, 2.75) is 32.6 Å². The maximum atomic E-state index is 14.4. The maximum Gasteiger partial charge on any atom is 0.419 e. The topological polar surface area (TPSA) is 144 Å². The second kappa shape index (κ2) is 10.2. The Hall–Kier alpha value is -4.29. The smallest absolute Gasteiger partial charge is 0.412 e. The number of rotatable bonds is 6. The normalized spacial score (nSPS) is 15.8. The molecule has 5 rings (SSSR count). The molecule has 0 radical (unpaired) electrons. The van der Waals surface area contributed by atoms with E-state index in [4.69, 9.17) is 4.42 Å². The lowest BCUT2D eigenvalue weighted by Crippen LogP contribution is -2.40. The number of piperidine rings is 1. The number of halogens is 1. The maximum absolute atomic E-state index is 14.4. The van der Waals surface area contributed by atoms with Crippen LogP contribution in [0.1, 0.15) is 58.6 Å². The highest BCUT2D eigenvalue weighted by Gasteiger charge is 2.24. The zero-order valence-corrected chi connectivity index (χ0v) is 21.1. The summed E-state index contributed by atoms with van der Waals surface area (Å²) < 4.78 is 22.1. The summed E-state index contributed by atoms with van der Waals surface area (Å²) in [4.78, 5) is 55.1. The van der Waals surface area contributed by atoms with Crippen LogP contribution in [0.2, 0.25) is 0 Å². The second-order valence-electron chi connectivity index (χ2n) is 9.63. The van der Waals surface area contributed by atoms with E-state index in [0.29, 0.717) is 43.9 Å². The Morgan fingerprint density at radius 1 is 1.16 bits per heavy atom. The molecule has 1 aliphatic carbocycles. The van der Waals surface area contributed by atoms with Crippen LogP contribution in [0.25, 0.3) is 11.7 Å². The van der Waals surface area contributed by atoms with E-state index in [2.05, 4.69) is 20.7 Å². The van der Waals surface area contributed by atoms with E-state index in [1.165, 1.54) is 10.6 Å². The van der Waals surface area contributed by atoms with Crippen molar-refractivity contribution in [2.75, 3.05) is 26.2 Å². The minimum absolute atomic E-state index is 0.0138. The predicted octanol–water partition coefficient (Wildman–Crippen LogP) is 0.908. The largest absolute Gasteiger partial charge is 0.419 e. The molecule has 38 heavy (non-hydrogen) atoms. The van der Waals surface area contributed by atoms with Crippen LogP contribution in [0.3, 0.4) is 0 Å². The van der Waals surface area contributed by atoms with Gasteiger partial charge in [-0.25, -0.2) is 18.7 Å². The van der Waals surface area contributed by atoms with Gasteiger partial charge in [-0.15, -0.1) is 0 Å². The Labute approximate surface area is 216 Å². The van der Waals surface area contributed by atoms with Gasteiger partial charge in [0.25, 0.3) is 11.8 Å².